The zero-order chi connectivity index (χ0) is 17.5. The molecule has 1 aromatic rings. The Morgan fingerprint density at radius 1 is 1.04 bits per heavy atom. The smallest absolute Gasteiger partial charge is 0.223 e. The molecule has 3 nitrogen and oxygen atoms in total. The maximum absolute atomic E-state index is 12.6. The highest BCUT2D eigenvalue weighted by atomic mass is 16.3. The summed E-state index contributed by atoms with van der Waals surface area (Å²) >= 11 is 0. The van der Waals surface area contributed by atoms with Gasteiger partial charge in [0.05, 0.1) is 6.10 Å². The van der Waals surface area contributed by atoms with Gasteiger partial charge in [0.1, 0.15) is 0 Å². The molecule has 0 radical (unpaired) electrons. The van der Waals surface area contributed by atoms with Crippen molar-refractivity contribution in [2.45, 2.75) is 82.8 Å². The van der Waals surface area contributed by atoms with Crippen molar-refractivity contribution >= 4 is 5.91 Å². The third-order valence-electron chi connectivity index (χ3n) is 6.12. The van der Waals surface area contributed by atoms with Crippen molar-refractivity contribution in [1.82, 2.24) is 5.32 Å². The van der Waals surface area contributed by atoms with Crippen LogP contribution in [0, 0.1) is 11.8 Å². The van der Waals surface area contributed by atoms with Crippen LogP contribution in [0.4, 0.5) is 0 Å². The molecule has 1 amide bonds. The number of rotatable bonds is 6. The number of hydrogen-bond acceptors (Lipinski definition) is 2. The first-order valence-corrected chi connectivity index (χ1v) is 10.2. The van der Waals surface area contributed by atoms with Crippen LogP contribution < -0.4 is 5.32 Å². The summed E-state index contributed by atoms with van der Waals surface area (Å²) in [4.78, 5) is 12.6. The van der Waals surface area contributed by atoms with Gasteiger partial charge in [0.15, 0.2) is 0 Å². The monoisotopic (exact) mass is 343 g/mol. The molecule has 25 heavy (non-hydrogen) atoms. The molecule has 2 unspecified atom stereocenters. The van der Waals surface area contributed by atoms with Crippen molar-refractivity contribution < 1.29 is 9.90 Å². The van der Waals surface area contributed by atoms with E-state index < -0.39 is 0 Å². The Labute approximate surface area is 152 Å². The molecule has 2 N–H and O–H groups in total. The lowest BCUT2D eigenvalue weighted by Crippen LogP contribution is -2.42. The highest BCUT2D eigenvalue weighted by Gasteiger charge is 2.29. The van der Waals surface area contributed by atoms with Gasteiger partial charge in [-0.1, -0.05) is 49.6 Å². The Balaban J connectivity index is 1.39. The lowest BCUT2D eigenvalue weighted by molar-refractivity contribution is -0.127. The van der Waals surface area contributed by atoms with E-state index in [1.807, 2.05) is 0 Å². The third kappa shape index (κ3) is 5.85. The van der Waals surface area contributed by atoms with Gasteiger partial charge < -0.3 is 10.4 Å². The van der Waals surface area contributed by atoms with Crippen LogP contribution in [0.1, 0.15) is 69.8 Å². The van der Waals surface area contributed by atoms with Crippen LogP contribution in [0.3, 0.4) is 0 Å². The molecule has 0 bridgehead atoms. The molecule has 0 spiro atoms. The van der Waals surface area contributed by atoms with Gasteiger partial charge in [-0.2, -0.15) is 0 Å². The van der Waals surface area contributed by atoms with E-state index in [1.165, 1.54) is 31.2 Å². The van der Waals surface area contributed by atoms with E-state index in [2.05, 4.69) is 35.6 Å². The molecule has 2 aliphatic rings. The molecule has 0 aliphatic heterocycles. The van der Waals surface area contributed by atoms with E-state index >= 15 is 0 Å². The Morgan fingerprint density at radius 2 is 1.80 bits per heavy atom. The number of hydrogen-bond donors (Lipinski definition) is 2. The second-order valence-corrected chi connectivity index (χ2v) is 8.12. The van der Waals surface area contributed by atoms with Gasteiger partial charge >= 0.3 is 0 Å². The second kappa shape index (κ2) is 9.38. The van der Waals surface area contributed by atoms with Crippen molar-refractivity contribution in [3.63, 3.8) is 0 Å². The summed E-state index contributed by atoms with van der Waals surface area (Å²) in [5.74, 6) is 1.19. The number of carbonyl (C=O) groups excluding carboxylic acids is 1. The van der Waals surface area contributed by atoms with Crippen LogP contribution in [0.5, 0.6) is 0 Å². The number of aliphatic hydroxyl groups is 1. The summed E-state index contributed by atoms with van der Waals surface area (Å²) in [6.45, 7) is 0. The van der Waals surface area contributed by atoms with Crippen LogP contribution in [0.15, 0.2) is 30.3 Å². The summed E-state index contributed by atoms with van der Waals surface area (Å²) in [5, 5.41) is 12.9. The number of benzene rings is 1. The molecule has 2 atom stereocenters. The fourth-order valence-electron chi connectivity index (χ4n) is 4.57. The fraction of sp³-hybridized carbons (Fsp3) is 0.682. The van der Waals surface area contributed by atoms with E-state index in [4.69, 9.17) is 0 Å². The van der Waals surface area contributed by atoms with Gasteiger partial charge in [0.25, 0.3) is 0 Å². The average Bonchev–Trinajstić information content (AvgIpc) is 2.65. The molecule has 3 heteroatoms. The summed E-state index contributed by atoms with van der Waals surface area (Å²) in [5.41, 5.74) is 1.42. The predicted molar refractivity (Wildman–Crippen MR) is 101 cm³/mol. The molecule has 3 rings (SSSR count). The second-order valence-electron chi connectivity index (χ2n) is 8.12. The summed E-state index contributed by atoms with van der Waals surface area (Å²) in [6, 6.07) is 11.0. The van der Waals surface area contributed by atoms with Crippen molar-refractivity contribution in [2.24, 2.45) is 11.8 Å². The predicted octanol–water partition coefficient (Wildman–Crippen LogP) is 4.24. The van der Waals surface area contributed by atoms with Gasteiger partial charge in [0.2, 0.25) is 5.91 Å². The SMILES string of the molecule is O=C(NC1CCC(O)CC1)C1CCCC(CCCc2ccccc2)C1. The maximum Gasteiger partial charge on any atom is 0.223 e. The molecular weight excluding hydrogens is 310 g/mol. The van der Waals surface area contributed by atoms with E-state index in [-0.39, 0.29) is 24.0 Å². The van der Waals surface area contributed by atoms with Gasteiger partial charge in [0, 0.05) is 12.0 Å². The van der Waals surface area contributed by atoms with Crippen molar-refractivity contribution in [1.29, 1.82) is 0 Å². The van der Waals surface area contributed by atoms with Crippen LogP contribution in [0.25, 0.3) is 0 Å². The number of nitrogens with one attached hydrogen (secondary N) is 1. The van der Waals surface area contributed by atoms with Crippen LogP contribution in [-0.4, -0.2) is 23.2 Å². The Kier molecular flexibility index (Phi) is 6.92. The van der Waals surface area contributed by atoms with E-state index in [9.17, 15) is 9.90 Å². The quantitative estimate of drug-likeness (QED) is 0.812. The lowest BCUT2D eigenvalue weighted by Gasteiger charge is -2.31. The number of carbonyl (C=O) groups is 1. The minimum Gasteiger partial charge on any atom is -0.393 e. The average molecular weight is 344 g/mol. The molecule has 0 heterocycles. The highest BCUT2D eigenvalue weighted by Crippen LogP contribution is 2.33. The minimum atomic E-state index is -0.156. The van der Waals surface area contributed by atoms with Crippen molar-refractivity contribution in [2.75, 3.05) is 0 Å². The van der Waals surface area contributed by atoms with E-state index in [0.29, 0.717) is 5.92 Å². The maximum atomic E-state index is 12.6. The fourth-order valence-corrected chi connectivity index (χ4v) is 4.57. The Bertz CT molecular complexity index is 522. The van der Waals surface area contributed by atoms with Gasteiger partial charge in [-0.05, 0) is 62.8 Å². The third-order valence-corrected chi connectivity index (χ3v) is 6.12. The van der Waals surface area contributed by atoms with E-state index in [0.717, 1.165) is 44.9 Å². The zero-order valence-electron chi connectivity index (χ0n) is 15.3. The van der Waals surface area contributed by atoms with E-state index in [1.54, 1.807) is 0 Å². The Morgan fingerprint density at radius 3 is 2.56 bits per heavy atom. The van der Waals surface area contributed by atoms with Gasteiger partial charge in [-0.25, -0.2) is 0 Å². The molecule has 2 saturated carbocycles. The van der Waals surface area contributed by atoms with Gasteiger partial charge in [-0.15, -0.1) is 0 Å². The highest BCUT2D eigenvalue weighted by molar-refractivity contribution is 5.79. The molecule has 2 fully saturated rings. The topological polar surface area (TPSA) is 49.3 Å². The van der Waals surface area contributed by atoms with Gasteiger partial charge in [-0.3, -0.25) is 4.79 Å². The summed E-state index contributed by atoms with van der Waals surface area (Å²) in [7, 11) is 0. The van der Waals surface area contributed by atoms with Crippen molar-refractivity contribution in [3.8, 4) is 0 Å². The summed E-state index contributed by atoms with van der Waals surface area (Å²) < 4.78 is 0. The lowest BCUT2D eigenvalue weighted by atomic mass is 9.78. The Hall–Kier alpha value is -1.35. The zero-order valence-corrected chi connectivity index (χ0v) is 15.3. The first-order valence-electron chi connectivity index (χ1n) is 10.2. The first-order chi connectivity index (χ1) is 12.2. The first kappa shape index (κ1) is 18.4. The molecule has 138 valence electrons. The molecule has 2 aliphatic carbocycles. The number of aryl methyl sites for hydroxylation is 1. The normalized spacial score (nSPS) is 30.0. The number of aliphatic hydroxyl groups excluding tert-OH is 1. The largest absolute Gasteiger partial charge is 0.393 e. The molecule has 0 saturated heterocycles. The summed E-state index contributed by atoms with van der Waals surface area (Å²) in [6.07, 6.45) is 11.6. The molecule has 0 aromatic heterocycles. The molecule has 1 aromatic carbocycles. The van der Waals surface area contributed by atoms with Crippen LogP contribution >= 0.6 is 0 Å². The van der Waals surface area contributed by atoms with Crippen molar-refractivity contribution in [3.05, 3.63) is 35.9 Å². The number of amides is 1. The molecular formula is C22H33NO2. The standard InChI is InChI=1S/C22H33NO2/c24-21-14-12-20(13-15-21)23-22(25)19-11-5-10-18(16-19)9-4-8-17-6-2-1-3-7-17/h1-3,6-7,18-21,24H,4-5,8-16H2,(H,23,25). The minimum absolute atomic E-state index is 0.156. The van der Waals surface area contributed by atoms with Crippen LogP contribution in [0.2, 0.25) is 0 Å². The van der Waals surface area contributed by atoms with Crippen LogP contribution in [-0.2, 0) is 11.2 Å².